The number of nitrogens with zero attached hydrogens (tertiary/aromatic N) is 1. The maximum absolute atomic E-state index is 11.8. The lowest BCUT2D eigenvalue weighted by molar-refractivity contribution is -0.136. The van der Waals surface area contributed by atoms with Crippen LogP contribution in [0.1, 0.15) is 18.1 Å². The van der Waals surface area contributed by atoms with Gasteiger partial charge < -0.3 is 15.2 Å². The molecule has 0 bridgehead atoms. The molecular weight excluding hydrogens is 358 g/mol. The molecule has 8 heteroatoms. The lowest BCUT2D eigenvalue weighted by atomic mass is 10.2. The van der Waals surface area contributed by atoms with Crippen LogP contribution in [0, 0.1) is 6.92 Å². The zero-order chi connectivity index (χ0) is 19.1. The third-order valence-electron chi connectivity index (χ3n) is 3.30. The molecule has 2 aromatic rings. The number of carbonyl (C=O) groups excluding carboxylic acids is 2. The van der Waals surface area contributed by atoms with Crippen LogP contribution in [0.4, 0.5) is 5.69 Å². The predicted octanol–water partition coefficient (Wildman–Crippen LogP) is 2.84. The van der Waals surface area contributed by atoms with Crippen molar-refractivity contribution in [3.8, 4) is 11.5 Å². The molecule has 0 aliphatic rings. The highest BCUT2D eigenvalue weighted by atomic mass is 35.5. The van der Waals surface area contributed by atoms with Crippen molar-refractivity contribution in [3.63, 3.8) is 0 Å². The van der Waals surface area contributed by atoms with E-state index in [0.717, 1.165) is 5.56 Å². The summed E-state index contributed by atoms with van der Waals surface area (Å²) in [5.41, 5.74) is 3.97. The van der Waals surface area contributed by atoms with E-state index in [2.05, 4.69) is 15.8 Å². The lowest BCUT2D eigenvalue weighted by Crippen LogP contribution is -2.32. The van der Waals surface area contributed by atoms with E-state index in [0.29, 0.717) is 28.6 Å². The van der Waals surface area contributed by atoms with Crippen molar-refractivity contribution < 1.29 is 19.4 Å². The van der Waals surface area contributed by atoms with Crippen LogP contribution >= 0.6 is 11.6 Å². The minimum atomic E-state index is -0.929. The first-order valence-corrected chi connectivity index (χ1v) is 8.15. The molecule has 0 spiro atoms. The molecule has 136 valence electrons. The Balaban J connectivity index is 1.94. The Morgan fingerprint density at radius 3 is 2.69 bits per heavy atom. The summed E-state index contributed by atoms with van der Waals surface area (Å²) in [4.78, 5) is 23.6. The van der Waals surface area contributed by atoms with Crippen molar-refractivity contribution in [1.29, 1.82) is 0 Å². The minimum absolute atomic E-state index is 0.00386. The van der Waals surface area contributed by atoms with Crippen LogP contribution in [0.5, 0.6) is 11.5 Å². The van der Waals surface area contributed by atoms with Gasteiger partial charge in [0, 0.05) is 10.7 Å². The number of hydrogen-bond donors (Lipinski definition) is 3. The summed E-state index contributed by atoms with van der Waals surface area (Å²) in [7, 11) is 0. The second kappa shape index (κ2) is 8.87. The number of ether oxygens (including phenoxy) is 1. The molecule has 0 unspecified atom stereocenters. The van der Waals surface area contributed by atoms with Gasteiger partial charge in [-0.05, 0) is 55.3 Å². The van der Waals surface area contributed by atoms with Crippen molar-refractivity contribution in [2.24, 2.45) is 5.10 Å². The number of nitrogens with one attached hydrogen (secondary N) is 2. The third kappa shape index (κ3) is 5.22. The normalized spacial score (nSPS) is 10.6. The van der Waals surface area contributed by atoms with E-state index in [4.69, 9.17) is 16.3 Å². The maximum atomic E-state index is 11.8. The van der Waals surface area contributed by atoms with Gasteiger partial charge in [0.05, 0.1) is 12.8 Å². The highest BCUT2D eigenvalue weighted by Gasteiger charge is 2.13. The summed E-state index contributed by atoms with van der Waals surface area (Å²) in [5, 5.41) is 16.3. The van der Waals surface area contributed by atoms with Crippen LogP contribution in [0.3, 0.4) is 0 Å². The summed E-state index contributed by atoms with van der Waals surface area (Å²) in [5.74, 6) is -1.49. The molecule has 0 atom stereocenters. The standard InChI is InChI=1S/C18H18ClN3O4/c1-3-26-16-8-12(5-7-15(16)23)10-20-22-18(25)17(24)21-13-6-4-11(2)14(19)9-13/h4-10,23H,3H2,1-2H3,(H,21,24)(H,22,25). The first-order valence-electron chi connectivity index (χ1n) is 7.77. The van der Waals surface area contributed by atoms with Crippen molar-refractivity contribution >= 4 is 35.3 Å². The molecule has 2 aromatic carbocycles. The molecule has 0 aliphatic carbocycles. The molecule has 7 nitrogen and oxygen atoms in total. The number of aromatic hydroxyl groups is 1. The van der Waals surface area contributed by atoms with E-state index >= 15 is 0 Å². The number of aryl methyl sites for hydroxylation is 1. The summed E-state index contributed by atoms with van der Waals surface area (Å²) < 4.78 is 5.25. The number of hydrogen-bond acceptors (Lipinski definition) is 5. The number of phenols is 1. The zero-order valence-electron chi connectivity index (χ0n) is 14.2. The monoisotopic (exact) mass is 375 g/mol. The van der Waals surface area contributed by atoms with Gasteiger partial charge in [0.1, 0.15) is 0 Å². The number of phenolic OH excluding ortho intramolecular Hbond substituents is 1. The average Bonchev–Trinajstić information content (AvgIpc) is 2.61. The highest BCUT2D eigenvalue weighted by Crippen LogP contribution is 2.26. The molecule has 0 aliphatic heterocycles. The van der Waals surface area contributed by atoms with Gasteiger partial charge in [-0.2, -0.15) is 5.10 Å². The Bertz CT molecular complexity index is 852. The first kappa shape index (κ1) is 19.3. The van der Waals surface area contributed by atoms with Crippen molar-refractivity contribution in [2.45, 2.75) is 13.8 Å². The summed E-state index contributed by atoms with van der Waals surface area (Å²) >= 11 is 5.97. The maximum Gasteiger partial charge on any atom is 0.329 e. The predicted molar refractivity (Wildman–Crippen MR) is 99.8 cm³/mol. The summed E-state index contributed by atoms with van der Waals surface area (Å²) in [6.07, 6.45) is 1.33. The number of carbonyl (C=O) groups is 2. The molecule has 2 amide bonds. The Labute approximate surface area is 155 Å². The Morgan fingerprint density at radius 2 is 2.00 bits per heavy atom. The van der Waals surface area contributed by atoms with E-state index in [1.54, 1.807) is 37.3 Å². The fraction of sp³-hybridized carbons (Fsp3) is 0.167. The number of halogens is 1. The topological polar surface area (TPSA) is 100 Å². The van der Waals surface area contributed by atoms with Crippen LogP contribution in [0.15, 0.2) is 41.5 Å². The molecule has 2 rings (SSSR count). The van der Waals surface area contributed by atoms with E-state index in [-0.39, 0.29) is 5.75 Å². The fourth-order valence-corrected chi connectivity index (χ4v) is 2.14. The van der Waals surface area contributed by atoms with Gasteiger partial charge in [0.15, 0.2) is 11.5 Å². The highest BCUT2D eigenvalue weighted by molar-refractivity contribution is 6.39. The van der Waals surface area contributed by atoms with Gasteiger partial charge in [-0.3, -0.25) is 9.59 Å². The minimum Gasteiger partial charge on any atom is -0.504 e. The van der Waals surface area contributed by atoms with E-state index < -0.39 is 11.8 Å². The van der Waals surface area contributed by atoms with Crippen LogP contribution in [0.2, 0.25) is 5.02 Å². The van der Waals surface area contributed by atoms with Crippen molar-refractivity contribution in [2.75, 3.05) is 11.9 Å². The summed E-state index contributed by atoms with van der Waals surface area (Å²) in [6.45, 7) is 4.02. The first-order chi connectivity index (χ1) is 12.4. The largest absolute Gasteiger partial charge is 0.504 e. The van der Waals surface area contributed by atoms with E-state index in [1.165, 1.54) is 12.3 Å². The quantitative estimate of drug-likeness (QED) is 0.425. The van der Waals surface area contributed by atoms with Gasteiger partial charge in [-0.15, -0.1) is 0 Å². The molecule has 0 heterocycles. The zero-order valence-corrected chi connectivity index (χ0v) is 15.0. The van der Waals surface area contributed by atoms with Gasteiger partial charge in [-0.25, -0.2) is 5.43 Å². The molecule has 0 fully saturated rings. The van der Waals surface area contributed by atoms with Crippen molar-refractivity contribution in [1.82, 2.24) is 5.43 Å². The molecule has 0 aromatic heterocycles. The van der Waals surface area contributed by atoms with Crippen LogP contribution in [-0.2, 0) is 9.59 Å². The second-order valence-electron chi connectivity index (χ2n) is 5.28. The number of hydrazone groups is 1. The summed E-state index contributed by atoms with van der Waals surface area (Å²) in [6, 6.07) is 9.51. The van der Waals surface area contributed by atoms with Crippen LogP contribution in [0.25, 0.3) is 0 Å². The third-order valence-corrected chi connectivity index (χ3v) is 3.71. The Hall–Kier alpha value is -3.06. The number of amides is 2. The molecule has 0 saturated heterocycles. The molecular formula is C18H18ClN3O4. The van der Waals surface area contributed by atoms with Gasteiger partial charge >= 0.3 is 11.8 Å². The van der Waals surface area contributed by atoms with Gasteiger partial charge in [-0.1, -0.05) is 17.7 Å². The molecule has 26 heavy (non-hydrogen) atoms. The number of rotatable bonds is 5. The second-order valence-corrected chi connectivity index (χ2v) is 5.68. The molecule has 0 radical (unpaired) electrons. The van der Waals surface area contributed by atoms with Gasteiger partial charge in [0.2, 0.25) is 0 Å². The average molecular weight is 376 g/mol. The molecule has 3 N–H and O–H groups in total. The number of benzene rings is 2. The van der Waals surface area contributed by atoms with Crippen molar-refractivity contribution in [3.05, 3.63) is 52.5 Å². The fourth-order valence-electron chi connectivity index (χ4n) is 1.96. The van der Waals surface area contributed by atoms with E-state index in [9.17, 15) is 14.7 Å². The molecule has 0 saturated carbocycles. The van der Waals surface area contributed by atoms with Gasteiger partial charge in [0.25, 0.3) is 0 Å². The van der Waals surface area contributed by atoms with E-state index in [1.807, 2.05) is 6.92 Å². The Kier molecular flexibility index (Phi) is 6.57. The number of anilines is 1. The SMILES string of the molecule is CCOc1cc(C=NNC(=O)C(=O)Nc2ccc(C)c(Cl)c2)ccc1O. The van der Waals surface area contributed by atoms with Crippen LogP contribution < -0.4 is 15.5 Å². The smallest absolute Gasteiger partial charge is 0.329 e. The lowest BCUT2D eigenvalue weighted by Gasteiger charge is -2.06. The van der Waals surface area contributed by atoms with Crippen LogP contribution in [-0.4, -0.2) is 29.7 Å². The Morgan fingerprint density at radius 1 is 1.23 bits per heavy atom.